The summed E-state index contributed by atoms with van der Waals surface area (Å²) in [6, 6.07) is 27.1. The van der Waals surface area contributed by atoms with Crippen LogP contribution in [0.5, 0.6) is 0 Å². The van der Waals surface area contributed by atoms with Gasteiger partial charge in [0, 0.05) is 52.3 Å². The Kier molecular flexibility index (Phi) is 14.6. The summed E-state index contributed by atoms with van der Waals surface area (Å²) in [5.41, 5.74) is 10.8. The number of nitrogens with zero attached hydrogens (tertiary/aromatic N) is 6. The van der Waals surface area contributed by atoms with E-state index in [1.807, 2.05) is 102 Å². The Morgan fingerprint density at radius 2 is 1.12 bits per heavy atom. The lowest BCUT2D eigenvalue weighted by Gasteiger charge is -2.22. The Bertz CT molecular complexity index is 2920. The molecule has 2 saturated carbocycles. The zero-order chi connectivity index (χ0) is 46.6. The zero-order valence-electron chi connectivity index (χ0n) is 38.5. The van der Waals surface area contributed by atoms with Crippen molar-refractivity contribution in [2.24, 2.45) is 11.8 Å². The van der Waals surface area contributed by atoms with Gasteiger partial charge in [-0.05, 0) is 176 Å². The molecule has 4 aromatic heterocycles. The zero-order valence-corrected chi connectivity index (χ0v) is 42.5. The lowest BCUT2D eigenvalue weighted by molar-refractivity contribution is 0.0942. The van der Waals surface area contributed by atoms with Crippen LogP contribution in [0.25, 0.3) is 33.8 Å². The molecule has 6 heterocycles. The van der Waals surface area contributed by atoms with Crippen LogP contribution in [0, 0.1) is 25.7 Å². The maximum absolute atomic E-state index is 12.6. The van der Waals surface area contributed by atoms with Gasteiger partial charge >= 0.3 is 0 Å². The van der Waals surface area contributed by atoms with Gasteiger partial charge in [0.25, 0.3) is 11.8 Å². The van der Waals surface area contributed by atoms with Crippen molar-refractivity contribution in [3.63, 3.8) is 0 Å². The molecule has 3 aromatic carbocycles. The molecule has 0 spiro atoms. The molecule has 352 valence electrons. The minimum Gasteiger partial charge on any atom is -0.382 e. The largest absolute Gasteiger partial charge is 0.382 e. The molecular formula is C52H57BrN10O2S3. The van der Waals surface area contributed by atoms with E-state index < -0.39 is 0 Å². The SMILES string of the molecule is Cc1cc(-c2cnc3c(NCC4CCSCC4)cc(Br)nn23)ccc1C(=O)NC1CC1.Cc1cc(-c2cnc3c(NCC4CCSCC4)cc(Sc4ccccc4)nn23)ccc1C(=O)NC1CC1. The number of thioether (sulfide) groups is 2. The maximum Gasteiger partial charge on any atom is 0.251 e. The monoisotopic (exact) mass is 1030 g/mol. The molecule has 4 N–H and O–H groups in total. The van der Waals surface area contributed by atoms with Crippen molar-refractivity contribution < 1.29 is 9.59 Å². The molecule has 0 atom stereocenters. The number of carbonyl (C=O) groups is 2. The van der Waals surface area contributed by atoms with Gasteiger partial charge in [-0.3, -0.25) is 9.59 Å². The van der Waals surface area contributed by atoms with Gasteiger partial charge in [-0.25, -0.2) is 19.0 Å². The van der Waals surface area contributed by atoms with Crippen molar-refractivity contribution in [3.8, 4) is 22.5 Å². The van der Waals surface area contributed by atoms with E-state index in [9.17, 15) is 9.59 Å². The molecule has 7 aromatic rings. The van der Waals surface area contributed by atoms with E-state index in [4.69, 9.17) is 10.1 Å². The number of carbonyl (C=O) groups excluding carboxylic acids is 2. The van der Waals surface area contributed by atoms with Gasteiger partial charge in [-0.1, -0.05) is 42.1 Å². The summed E-state index contributed by atoms with van der Waals surface area (Å²) in [5.74, 6) is 6.41. The molecular weight excluding hydrogens is 973 g/mol. The molecule has 4 aliphatic rings. The predicted molar refractivity (Wildman–Crippen MR) is 283 cm³/mol. The summed E-state index contributed by atoms with van der Waals surface area (Å²) in [6.45, 7) is 5.88. The number of benzene rings is 3. The van der Waals surface area contributed by atoms with Crippen LogP contribution in [-0.2, 0) is 0 Å². The summed E-state index contributed by atoms with van der Waals surface area (Å²) in [7, 11) is 0. The number of halogens is 1. The van der Waals surface area contributed by atoms with Crippen LogP contribution in [0.4, 0.5) is 11.4 Å². The average molecular weight is 1030 g/mol. The number of aromatic nitrogens is 6. The predicted octanol–water partition coefficient (Wildman–Crippen LogP) is 11.2. The van der Waals surface area contributed by atoms with Crippen molar-refractivity contribution in [3.05, 3.63) is 118 Å². The first-order valence-electron chi connectivity index (χ1n) is 23.9. The molecule has 12 nitrogen and oxygen atoms in total. The second-order valence-corrected chi connectivity index (χ2v) is 22.7. The second kappa shape index (κ2) is 21.3. The third-order valence-corrected chi connectivity index (χ3v) is 16.5. The standard InChI is InChI=1S/C29H31N5OS2.C23H26BrN5OS/c1-19-15-21(7-10-24(19)29(35)32-22-8-9-22)26-18-31-28-25(30-17-20-11-13-36-14-12-20)16-27(33-34(26)28)37-23-5-3-2-4-6-23;1-14-10-16(2-5-18(14)23(30)27-17-3-4-17)20-13-26-22-19(11-21(24)28-29(20)22)25-12-15-6-8-31-9-7-15/h2-7,10,15-16,18,20,22,30H,8-9,11-14,17H2,1H3,(H,32,35);2,5,10-11,13,15,17,25H,3-4,6-9,12H2,1H3,(H,27,30). The van der Waals surface area contributed by atoms with Crippen molar-refractivity contribution in [1.29, 1.82) is 0 Å². The normalized spacial score (nSPS) is 16.6. The van der Waals surface area contributed by atoms with Gasteiger partial charge in [0.15, 0.2) is 11.3 Å². The third-order valence-electron chi connectivity index (χ3n) is 13.1. The molecule has 0 bridgehead atoms. The van der Waals surface area contributed by atoms with Gasteiger partial charge in [-0.15, -0.1) is 0 Å². The molecule has 16 heteroatoms. The van der Waals surface area contributed by atoms with Gasteiger partial charge in [-0.2, -0.15) is 33.7 Å². The molecule has 4 fully saturated rings. The van der Waals surface area contributed by atoms with Gasteiger partial charge in [0.2, 0.25) is 0 Å². The van der Waals surface area contributed by atoms with Gasteiger partial charge < -0.3 is 21.3 Å². The highest BCUT2D eigenvalue weighted by Gasteiger charge is 2.26. The fourth-order valence-electron chi connectivity index (χ4n) is 8.74. The van der Waals surface area contributed by atoms with Crippen LogP contribution < -0.4 is 21.3 Å². The number of amides is 2. The first-order chi connectivity index (χ1) is 33.2. The fraction of sp³-hybridized carbons (Fsp3) is 0.385. The van der Waals surface area contributed by atoms with Crippen molar-refractivity contribution >= 4 is 85.7 Å². The van der Waals surface area contributed by atoms with E-state index >= 15 is 0 Å². The molecule has 68 heavy (non-hydrogen) atoms. The molecule has 0 radical (unpaired) electrons. The lowest BCUT2D eigenvalue weighted by Crippen LogP contribution is -2.26. The number of aryl methyl sites for hydroxylation is 2. The Labute approximate surface area is 418 Å². The smallest absolute Gasteiger partial charge is 0.251 e. The van der Waals surface area contributed by atoms with E-state index in [0.717, 1.165) is 121 Å². The number of hydrogen-bond donors (Lipinski definition) is 4. The minimum absolute atomic E-state index is 0.0111. The number of anilines is 2. The molecule has 0 unspecified atom stereocenters. The second-order valence-electron chi connectivity index (χ2n) is 18.4. The summed E-state index contributed by atoms with van der Waals surface area (Å²) >= 11 is 9.31. The van der Waals surface area contributed by atoms with Gasteiger partial charge in [0.05, 0.1) is 35.2 Å². The van der Waals surface area contributed by atoms with Crippen molar-refractivity contribution in [1.82, 2.24) is 39.8 Å². The van der Waals surface area contributed by atoms with E-state index in [0.29, 0.717) is 23.9 Å². The van der Waals surface area contributed by atoms with E-state index in [2.05, 4.69) is 83.3 Å². The third kappa shape index (κ3) is 11.4. The first-order valence-corrected chi connectivity index (χ1v) is 27.8. The first kappa shape index (κ1) is 46.7. The fourth-order valence-corrected chi connectivity index (χ4v) is 12.4. The van der Waals surface area contributed by atoms with E-state index in [-0.39, 0.29) is 11.8 Å². The van der Waals surface area contributed by atoms with Crippen LogP contribution in [0.2, 0.25) is 0 Å². The van der Waals surface area contributed by atoms with Crippen LogP contribution in [0.1, 0.15) is 83.2 Å². The summed E-state index contributed by atoms with van der Waals surface area (Å²) in [4.78, 5) is 35.7. The molecule has 2 aliphatic carbocycles. The highest BCUT2D eigenvalue weighted by Crippen LogP contribution is 2.34. The topological polar surface area (TPSA) is 143 Å². The Balaban J connectivity index is 0.000000161. The van der Waals surface area contributed by atoms with Crippen LogP contribution >= 0.6 is 51.2 Å². The summed E-state index contributed by atoms with van der Waals surface area (Å²) < 4.78 is 4.59. The average Bonchev–Trinajstić information content (AvgIpc) is 4.27. The van der Waals surface area contributed by atoms with Crippen LogP contribution in [0.15, 0.2) is 106 Å². The maximum atomic E-state index is 12.6. The lowest BCUT2D eigenvalue weighted by atomic mass is 10.0. The van der Waals surface area contributed by atoms with Crippen LogP contribution in [-0.4, -0.2) is 89.2 Å². The highest BCUT2D eigenvalue weighted by molar-refractivity contribution is 9.10. The number of hydrogen-bond acceptors (Lipinski definition) is 11. The minimum atomic E-state index is 0.0111. The molecule has 11 rings (SSSR count). The molecule has 2 aliphatic heterocycles. The number of fused-ring (bicyclic) bond motifs is 2. The Morgan fingerprint density at radius 1 is 0.632 bits per heavy atom. The number of nitrogens with one attached hydrogen (secondary N) is 4. The van der Waals surface area contributed by atoms with Crippen molar-refractivity contribution in [2.45, 2.75) is 87.2 Å². The Hall–Kier alpha value is -5.03. The number of imidazole rings is 2. The summed E-state index contributed by atoms with van der Waals surface area (Å²) in [5, 5.41) is 24.0. The van der Waals surface area contributed by atoms with Crippen molar-refractivity contribution in [2.75, 3.05) is 46.7 Å². The molecule has 2 amide bonds. The number of rotatable bonds is 14. The highest BCUT2D eigenvalue weighted by atomic mass is 79.9. The quantitative estimate of drug-likeness (QED) is 0.0827. The van der Waals surface area contributed by atoms with E-state index in [1.54, 1.807) is 11.8 Å². The van der Waals surface area contributed by atoms with Gasteiger partial charge in [0.1, 0.15) is 9.63 Å². The van der Waals surface area contributed by atoms with E-state index in [1.165, 1.54) is 48.7 Å². The Morgan fingerprint density at radius 3 is 1.60 bits per heavy atom. The van der Waals surface area contributed by atoms with Crippen LogP contribution in [0.3, 0.4) is 0 Å². The molecule has 2 saturated heterocycles. The summed E-state index contributed by atoms with van der Waals surface area (Å²) in [6.07, 6.45) is 13.1.